The minimum absolute atomic E-state index is 0.189. The number of pyridine rings is 1. The Morgan fingerprint density at radius 2 is 2.00 bits per heavy atom. The number of halogens is 1. The fraction of sp³-hybridized carbons (Fsp3) is 0. The summed E-state index contributed by atoms with van der Waals surface area (Å²) in [7, 11) is 0. The van der Waals surface area contributed by atoms with E-state index in [1.165, 1.54) is 0 Å². The van der Waals surface area contributed by atoms with Crippen LogP contribution < -0.4 is 0 Å². The van der Waals surface area contributed by atoms with Gasteiger partial charge >= 0.3 is 0 Å². The van der Waals surface area contributed by atoms with Crippen molar-refractivity contribution < 1.29 is 5.11 Å². The molecule has 0 aliphatic carbocycles. The number of rotatable bonds is 1. The Kier molecular flexibility index (Phi) is 2.59. The van der Waals surface area contributed by atoms with Gasteiger partial charge in [0.2, 0.25) is 0 Å². The summed E-state index contributed by atoms with van der Waals surface area (Å²) in [6, 6.07) is 10.9. The van der Waals surface area contributed by atoms with Crippen LogP contribution in [0.1, 0.15) is 0 Å². The highest BCUT2D eigenvalue weighted by atomic mass is 35.5. The van der Waals surface area contributed by atoms with Gasteiger partial charge in [-0.25, -0.2) is 0 Å². The van der Waals surface area contributed by atoms with Crippen LogP contribution in [0.2, 0.25) is 5.02 Å². The van der Waals surface area contributed by atoms with Crippen LogP contribution in [0.15, 0.2) is 48.8 Å². The van der Waals surface area contributed by atoms with Gasteiger partial charge in [-0.2, -0.15) is 5.10 Å². The van der Waals surface area contributed by atoms with E-state index in [1.54, 1.807) is 18.5 Å². The van der Waals surface area contributed by atoms with Crippen LogP contribution in [0.5, 0.6) is 5.75 Å². The molecule has 4 aromatic rings. The molecular weight excluding hydrogens is 286 g/mol. The van der Waals surface area contributed by atoms with Crippen LogP contribution in [0.4, 0.5) is 0 Å². The Bertz CT molecular complexity index is 964. The highest BCUT2D eigenvalue weighted by Crippen LogP contribution is 2.37. The van der Waals surface area contributed by atoms with Crippen molar-refractivity contribution in [3.63, 3.8) is 0 Å². The summed E-state index contributed by atoms with van der Waals surface area (Å²) in [5.41, 5.74) is 2.46. The maximum Gasteiger partial charge on any atom is 0.125 e. The fourth-order valence-electron chi connectivity index (χ4n) is 2.60. The molecule has 0 radical (unpaired) electrons. The zero-order valence-electron chi connectivity index (χ0n) is 10.8. The topological polar surface area (TPSA) is 61.8 Å². The number of hydrogen-bond acceptors (Lipinski definition) is 3. The number of benzene rings is 2. The van der Waals surface area contributed by atoms with Gasteiger partial charge in [0.05, 0.1) is 16.6 Å². The molecule has 0 saturated carbocycles. The number of hydrogen-bond donors (Lipinski definition) is 2. The molecule has 0 bridgehead atoms. The lowest BCUT2D eigenvalue weighted by Gasteiger charge is -2.09. The summed E-state index contributed by atoms with van der Waals surface area (Å²) in [6.07, 6.45) is 3.47. The fourth-order valence-corrected chi connectivity index (χ4v) is 2.77. The highest BCUT2D eigenvalue weighted by molar-refractivity contribution is 6.32. The third-order valence-electron chi connectivity index (χ3n) is 3.56. The van der Waals surface area contributed by atoms with Gasteiger partial charge in [0.1, 0.15) is 5.75 Å². The van der Waals surface area contributed by atoms with E-state index in [1.807, 2.05) is 30.3 Å². The van der Waals surface area contributed by atoms with Crippen LogP contribution in [0, 0.1) is 0 Å². The standard InChI is InChI=1S/C16H10ClN3O/c17-10-2-1-9-8-18-16-11(13-5-6-19-20-13)3-4-14(21)15(16)12(9)7-10/h1-8,21H,(H,19,20). The highest BCUT2D eigenvalue weighted by Gasteiger charge is 2.13. The van der Waals surface area contributed by atoms with Gasteiger partial charge in [0, 0.05) is 28.4 Å². The van der Waals surface area contributed by atoms with Crippen molar-refractivity contribution in [3.05, 3.63) is 53.8 Å². The van der Waals surface area contributed by atoms with Gasteiger partial charge in [0.25, 0.3) is 0 Å². The van der Waals surface area contributed by atoms with Gasteiger partial charge in [-0.05, 0) is 35.7 Å². The van der Waals surface area contributed by atoms with Crippen LogP contribution in [0.3, 0.4) is 0 Å². The van der Waals surface area contributed by atoms with Crippen molar-refractivity contribution in [3.8, 4) is 17.0 Å². The van der Waals surface area contributed by atoms with Crippen LogP contribution >= 0.6 is 11.6 Å². The molecule has 0 atom stereocenters. The molecule has 4 rings (SSSR count). The first-order valence-corrected chi connectivity index (χ1v) is 6.81. The van der Waals surface area contributed by atoms with Gasteiger partial charge in [0.15, 0.2) is 0 Å². The second-order valence-corrected chi connectivity index (χ2v) is 5.25. The van der Waals surface area contributed by atoms with Gasteiger partial charge in [-0.15, -0.1) is 0 Å². The normalized spacial score (nSPS) is 11.3. The first-order chi connectivity index (χ1) is 10.2. The van der Waals surface area contributed by atoms with E-state index >= 15 is 0 Å². The summed E-state index contributed by atoms with van der Waals surface area (Å²) < 4.78 is 0. The van der Waals surface area contributed by atoms with E-state index < -0.39 is 0 Å². The molecule has 0 saturated heterocycles. The lowest BCUT2D eigenvalue weighted by molar-refractivity contribution is 0.482. The van der Waals surface area contributed by atoms with E-state index in [9.17, 15) is 5.11 Å². The van der Waals surface area contributed by atoms with Crippen molar-refractivity contribution in [2.75, 3.05) is 0 Å². The molecule has 2 heterocycles. The number of H-pyrrole nitrogens is 1. The van der Waals surface area contributed by atoms with Gasteiger partial charge in [-0.3, -0.25) is 10.1 Å². The van der Waals surface area contributed by atoms with Crippen LogP contribution in [0.25, 0.3) is 32.9 Å². The lowest BCUT2D eigenvalue weighted by atomic mass is 10.0. The molecule has 4 nitrogen and oxygen atoms in total. The lowest BCUT2D eigenvalue weighted by Crippen LogP contribution is -1.88. The minimum Gasteiger partial charge on any atom is -0.507 e. The number of aromatic hydroxyl groups is 1. The SMILES string of the molecule is Oc1ccc(-c2ccn[nH]2)c2ncc3ccc(Cl)cc3c12. The van der Waals surface area contributed by atoms with Crippen LogP contribution in [-0.4, -0.2) is 20.3 Å². The molecule has 0 unspecified atom stereocenters. The molecule has 0 spiro atoms. The molecular formula is C16H10ClN3O. The second kappa shape index (κ2) is 4.46. The Labute approximate surface area is 125 Å². The quantitative estimate of drug-likeness (QED) is 0.519. The minimum atomic E-state index is 0.189. The Morgan fingerprint density at radius 3 is 2.81 bits per heavy atom. The summed E-state index contributed by atoms with van der Waals surface area (Å²) in [6.45, 7) is 0. The molecule has 2 aromatic carbocycles. The molecule has 2 aromatic heterocycles. The molecule has 0 amide bonds. The molecule has 102 valence electrons. The number of phenolic OH excluding ortho intramolecular Hbond substituents is 1. The first kappa shape index (κ1) is 12.2. The van der Waals surface area contributed by atoms with E-state index in [2.05, 4.69) is 15.2 Å². The van der Waals surface area contributed by atoms with Crippen molar-refractivity contribution >= 4 is 33.3 Å². The van der Waals surface area contributed by atoms with E-state index in [-0.39, 0.29) is 5.75 Å². The summed E-state index contributed by atoms with van der Waals surface area (Å²) >= 11 is 6.09. The Morgan fingerprint density at radius 1 is 1.10 bits per heavy atom. The van der Waals surface area contributed by atoms with Crippen molar-refractivity contribution in [2.45, 2.75) is 0 Å². The van der Waals surface area contributed by atoms with E-state index in [4.69, 9.17) is 11.6 Å². The van der Waals surface area contributed by atoms with E-state index in [0.717, 1.165) is 22.0 Å². The molecule has 0 fully saturated rings. The van der Waals surface area contributed by atoms with Crippen molar-refractivity contribution in [1.82, 2.24) is 15.2 Å². The Hall–Kier alpha value is -2.59. The zero-order valence-corrected chi connectivity index (χ0v) is 11.6. The van der Waals surface area contributed by atoms with Crippen molar-refractivity contribution in [1.29, 1.82) is 0 Å². The van der Waals surface area contributed by atoms with Gasteiger partial charge < -0.3 is 5.11 Å². The molecule has 0 aliphatic heterocycles. The third-order valence-corrected chi connectivity index (χ3v) is 3.80. The number of nitrogens with one attached hydrogen (secondary N) is 1. The molecule has 21 heavy (non-hydrogen) atoms. The smallest absolute Gasteiger partial charge is 0.125 e. The number of phenols is 1. The summed E-state index contributed by atoms with van der Waals surface area (Å²) in [5.74, 6) is 0.189. The maximum absolute atomic E-state index is 10.3. The maximum atomic E-state index is 10.3. The molecule has 2 N–H and O–H groups in total. The van der Waals surface area contributed by atoms with Gasteiger partial charge in [-0.1, -0.05) is 17.7 Å². The number of fused-ring (bicyclic) bond motifs is 3. The molecule has 0 aliphatic rings. The average molecular weight is 296 g/mol. The second-order valence-electron chi connectivity index (χ2n) is 4.82. The van der Waals surface area contributed by atoms with Crippen molar-refractivity contribution in [2.24, 2.45) is 0 Å². The molecule has 5 heteroatoms. The monoisotopic (exact) mass is 295 g/mol. The largest absolute Gasteiger partial charge is 0.507 e. The third kappa shape index (κ3) is 1.84. The van der Waals surface area contributed by atoms with E-state index in [0.29, 0.717) is 15.9 Å². The number of aromatic nitrogens is 3. The first-order valence-electron chi connectivity index (χ1n) is 6.44. The summed E-state index contributed by atoms with van der Waals surface area (Å²) in [5, 5.41) is 20.3. The predicted octanol–water partition coefficient (Wildman–Crippen LogP) is 4.14. The number of nitrogens with zero attached hydrogens (tertiary/aromatic N) is 2. The average Bonchev–Trinajstić information content (AvgIpc) is 3.01. The van der Waals surface area contributed by atoms with Crippen LogP contribution in [-0.2, 0) is 0 Å². The predicted molar refractivity (Wildman–Crippen MR) is 83.5 cm³/mol. The summed E-state index contributed by atoms with van der Waals surface area (Å²) in [4.78, 5) is 4.50. The Balaban J connectivity index is 2.19. The number of aromatic amines is 1. The zero-order chi connectivity index (χ0) is 14.4.